The Kier molecular flexibility index (Phi) is 3.09. The predicted octanol–water partition coefficient (Wildman–Crippen LogP) is 0.165. The lowest BCUT2D eigenvalue weighted by Gasteiger charge is -2.35. The summed E-state index contributed by atoms with van der Waals surface area (Å²) in [6.45, 7) is 6.61. The van der Waals surface area contributed by atoms with Gasteiger partial charge in [0.15, 0.2) is 17.4 Å². The van der Waals surface area contributed by atoms with Crippen LogP contribution in [0.4, 0.5) is 5.95 Å². The molecule has 0 aromatic carbocycles. The number of nitrogens with two attached hydrogens (primary N) is 1. The van der Waals surface area contributed by atoms with E-state index in [4.69, 9.17) is 15.2 Å². The number of aromatic amines is 1. The standard InChI is InChI=1S/C15H21N5O4/c1-14(2,3)4-15-5-23-8(9(15)21)12(24-15)20-6-17-7-10(20)18-13(16)19-11(7)22/h6,8-9,12,21H,4-5H2,1-3H3,(H3,16,18,19,22)/t8-,9?,12+,15-/m0/s1. The third-order valence-corrected chi connectivity index (χ3v) is 4.56. The number of aliphatic hydroxyl groups is 1. The van der Waals surface area contributed by atoms with E-state index in [1.165, 1.54) is 6.33 Å². The van der Waals surface area contributed by atoms with Gasteiger partial charge >= 0.3 is 0 Å². The van der Waals surface area contributed by atoms with Crippen LogP contribution in [0.2, 0.25) is 0 Å². The van der Waals surface area contributed by atoms with E-state index in [-0.39, 0.29) is 16.9 Å². The highest BCUT2D eigenvalue weighted by Crippen LogP contribution is 2.50. The molecule has 0 spiro atoms. The summed E-state index contributed by atoms with van der Waals surface area (Å²) in [5.74, 6) is 0.00304. The molecule has 24 heavy (non-hydrogen) atoms. The number of rotatable bonds is 2. The normalized spacial score (nSPS) is 32.8. The summed E-state index contributed by atoms with van der Waals surface area (Å²) in [5.41, 5.74) is 4.91. The number of imidazole rings is 1. The van der Waals surface area contributed by atoms with Crippen LogP contribution >= 0.6 is 0 Å². The summed E-state index contributed by atoms with van der Waals surface area (Å²) in [6, 6.07) is 0. The number of H-pyrrole nitrogens is 1. The van der Waals surface area contributed by atoms with Gasteiger partial charge in [-0.3, -0.25) is 14.3 Å². The Morgan fingerprint density at radius 1 is 1.54 bits per heavy atom. The number of nitrogen functional groups attached to an aromatic ring is 1. The van der Waals surface area contributed by atoms with Gasteiger partial charge in [-0.2, -0.15) is 4.98 Å². The van der Waals surface area contributed by atoms with Crippen LogP contribution in [0.5, 0.6) is 0 Å². The molecule has 130 valence electrons. The van der Waals surface area contributed by atoms with E-state index in [0.717, 1.165) is 0 Å². The van der Waals surface area contributed by atoms with Gasteiger partial charge in [-0.15, -0.1) is 0 Å². The van der Waals surface area contributed by atoms with E-state index < -0.39 is 29.6 Å². The topological polar surface area (TPSA) is 128 Å². The van der Waals surface area contributed by atoms with Crippen LogP contribution < -0.4 is 11.3 Å². The Morgan fingerprint density at radius 2 is 2.29 bits per heavy atom. The molecule has 0 saturated carbocycles. The molecule has 4 heterocycles. The van der Waals surface area contributed by atoms with Crippen LogP contribution in [0.1, 0.15) is 33.4 Å². The lowest BCUT2D eigenvalue weighted by atomic mass is 9.80. The first-order valence-electron chi connectivity index (χ1n) is 7.90. The minimum Gasteiger partial charge on any atom is -0.387 e. The van der Waals surface area contributed by atoms with Gasteiger partial charge in [-0.05, 0) is 11.8 Å². The van der Waals surface area contributed by atoms with Crippen molar-refractivity contribution in [3.63, 3.8) is 0 Å². The van der Waals surface area contributed by atoms with Crippen LogP contribution in [-0.2, 0) is 9.47 Å². The van der Waals surface area contributed by atoms with Crippen molar-refractivity contribution in [3.05, 3.63) is 16.7 Å². The molecule has 2 aliphatic heterocycles. The number of ether oxygens (including phenoxy) is 2. The number of aromatic nitrogens is 4. The summed E-state index contributed by atoms with van der Waals surface area (Å²) >= 11 is 0. The molecule has 0 radical (unpaired) electrons. The first kappa shape index (κ1) is 15.6. The van der Waals surface area contributed by atoms with Gasteiger partial charge in [0.25, 0.3) is 5.56 Å². The van der Waals surface area contributed by atoms with Gasteiger partial charge < -0.3 is 20.3 Å². The predicted molar refractivity (Wildman–Crippen MR) is 85.2 cm³/mol. The highest BCUT2D eigenvalue weighted by atomic mass is 16.6. The molecule has 4 rings (SSSR count). The Balaban J connectivity index is 1.76. The van der Waals surface area contributed by atoms with Gasteiger partial charge in [0, 0.05) is 0 Å². The van der Waals surface area contributed by atoms with Crippen molar-refractivity contribution in [1.29, 1.82) is 0 Å². The van der Waals surface area contributed by atoms with Gasteiger partial charge in [0.2, 0.25) is 5.95 Å². The van der Waals surface area contributed by atoms with Crippen LogP contribution in [-0.4, -0.2) is 49.0 Å². The first-order valence-corrected chi connectivity index (χ1v) is 7.90. The van der Waals surface area contributed by atoms with Gasteiger partial charge in [-0.1, -0.05) is 20.8 Å². The minimum absolute atomic E-state index is 0.00304. The molecule has 2 bridgehead atoms. The Morgan fingerprint density at radius 3 is 3.00 bits per heavy atom. The van der Waals surface area contributed by atoms with Crippen molar-refractivity contribution >= 4 is 17.1 Å². The third kappa shape index (κ3) is 2.15. The zero-order chi connectivity index (χ0) is 17.3. The van der Waals surface area contributed by atoms with Crippen LogP contribution in [0.25, 0.3) is 11.2 Å². The summed E-state index contributed by atoms with van der Waals surface area (Å²) < 4.78 is 13.6. The molecular weight excluding hydrogens is 314 g/mol. The van der Waals surface area contributed by atoms with Crippen molar-refractivity contribution in [1.82, 2.24) is 19.5 Å². The Hall–Kier alpha value is -1.97. The number of fused-ring (bicyclic) bond motifs is 3. The molecule has 4 atom stereocenters. The zero-order valence-corrected chi connectivity index (χ0v) is 13.8. The highest BCUT2D eigenvalue weighted by Gasteiger charge is 2.62. The molecule has 9 heteroatoms. The molecule has 9 nitrogen and oxygen atoms in total. The monoisotopic (exact) mass is 335 g/mol. The third-order valence-electron chi connectivity index (χ3n) is 4.56. The second kappa shape index (κ2) is 4.78. The van der Waals surface area contributed by atoms with Crippen molar-refractivity contribution < 1.29 is 14.6 Å². The van der Waals surface area contributed by atoms with Crippen molar-refractivity contribution in [3.8, 4) is 0 Å². The molecule has 2 fully saturated rings. The second-order valence-electron chi connectivity index (χ2n) is 7.81. The zero-order valence-electron chi connectivity index (χ0n) is 13.8. The number of nitrogens with one attached hydrogen (secondary N) is 1. The molecule has 2 aromatic rings. The number of hydrogen-bond acceptors (Lipinski definition) is 7. The van der Waals surface area contributed by atoms with Crippen molar-refractivity contribution in [2.75, 3.05) is 12.3 Å². The van der Waals surface area contributed by atoms with Crippen molar-refractivity contribution in [2.24, 2.45) is 5.41 Å². The molecule has 0 amide bonds. The van der Waals surface area contributed by atoms with Crippen LogP contribution in [0.3, 0.4) is 0 Å². The fourth-order valence-corrected chi connectivity index (χ4v) is 3.80. The average molecular weight is 335 g/mol. The van der Waals surface area contributed by atoms with E-state index in [0.29, 0.717) is 18.7 Å². The van der Waals surface area contributed by atoms with Crippen molar-refractivity contribution in [2.45, 2.75) is 51.2 Å². The molecule has 0 aliphatic carbocycles. The summed E-state index contributed by atoms with van der Waals surface area (Å²) in [7, 11) is 0. The smallest absolute Gasteiger partial charge is 0.280 e. The maximum Gasteiger partial charge on any atom is 0.280 e. The van der Waals surface area contributed by atoms with Gasteiger partial charge in [0.05, 0.1) is 12.9 Å². The number of hydrogen-bond donors (Lipinski definition) is 3. The van der Waals surface area contributed by atoms with E-state index in [2.05, 4.69) is 35.7 Å². The molecule has 2 saturated heterocycles. The van der Waals surface area contributed by atoms with E-state index in [9.17, 15) is 9.90 Å². The fourth-order valence-electron chi connectivity index (χ4n) is 3.80. The lowest BCUT2D eigenvalue weighted by Crippen LogP contribution is -2.43. The number of nitrogens with zero attached hydrogens (tertiary/aromatic N) is 3. The number of aliphatic hydroxyl groups excluding tert-OH is 1. The minimum atomic E-state index is -0.767. The maximum atomic E-state index is 11.9. The van der Waals surface area contributed by atoms with Crippen LogP contribution in [0, 0.1) is 5.41 Å². The van der Waals surface area contributed by atoms with E-state index >= 15 is 0 Å². The maximum absolute atomic E-state index is 11.9. The fraction of sp³-hybridized carbons (Fsp3) is 0.667. The quantitative estimate of drug-likeness (QED) is 0.713. The molecular formula is C15H21N5O4. The molecule has 2 aliphatic rings. The summed E-state index contributed by atoms with van der Waals surface area (Å²) in [5, 5.41) is 10.7. The Bertz CT molecular complexity index is 854. The number of anilines is 1. The first-order chi connectivity index (χ1) is 11.2. The summed E-state index contributed by atoms with van der Waals surface area (Å²) in [4.78, 5) is 22.6. The molecule has 1 unspecified atom stereocenters. The SMILES string of the molecule is CC(C)(C)C[C@]12CO[C@@H](C1O)[C@H](n1cnc3c(=O)[nH]c(N)nc31)O2. The van der Waals surface area contributed by atoms with Gasteiger partial charge in [0.1, 0.15) is 17.8 Å². The van der Waals surface area contributed by atoms with E-state index in [1.807, 2.05) is 0 Å². The Labute approximate surface area is 137 Å². The largest absolute Gasteiger partial charge is 0.387 e. The van der Waals surface area contributed by atoms with Crippen LogP contribution in [0.15, 0.2) is 11.1 Å². The second-order valence-corrected chi connectivity index (χ2v) is 7.81. The molecule has 4 N–H and O–H groups in total. The molecule has 2 aromatic heterocycles. The lowest BCUT2D eigenvalue weighted by molar-refractivity contribution is -0.182. The summed E-state index contributed by atoms with van der Waals surface area (Å²) in [6.07, 6.45) is 0.232. The highest BCUT2D eigenvalue weighted by molar-refractivity contribution is 5.70. The average Bonchev–Trinajstić information content (AvgIpc) is 3.07. The van der Waals surface area contributed by atoms with Gasteiger partial charge in [-0.25, -0.2) is 4.98 Å². The van der Waals surface area contributed by atoms with E-state index in [1.54, 1.807) is 4.57 Å².